The zero-order valence-corrected chi connectivity index (χ0v) is 14.7. The van der Waals surface area contributed by atoms with Crippen LogP contribution in [-0.4, -0.2) is 27.4 Å². The molecule has 5 nitrogen and oxygen atoms in total. The summed E-state index contributed by atoms with van der Waals surface area (Å²) in [6.45, 7) is 4.00. The molecule has 2 rings (SSSR count). The molecule has 1 heterocycles. The Balaban J connectivity index is 1.95. The zero-order chi connectivity index (χ0) is 16.7. The van der Waals surface area contributed by atoms with Gasteiger partial charge in [-0.1, -0.05) is 36.9 Å². The molecule has 7 heteroatoms. The Kier molecular flexibility index (Phi) is 6.73. The van der Waals surface area contributed by atoms with Gasteiger partial charge in [0.25, 0.3) is 5.56 Å². The Bertz CT molecular complexity index is 731. The monoisotopic (exact) mass is 349 g/mol. The SMILES string of the molecule is CCSCc1cc(=O)[nH]c(SCC(=O)Nc2ccccc2C)n1. The van der Waals surface area contributed by atoms with Gasteiger partial charge in [-0.3, -0.25) is 9.59 Å². The van der Waals surface area contributed by atoms with E-state index >= 15 is 0 Å². The van der Waals surface area contributed by atoms with Gasteiger partial charge in [-0.2, -0.15) is 11.8 Å². The molecule has 0 saturated heterocycles. The minimum atomic E-state index is -0.187. The number of carbonyl (C=O) groups is 1. The number of rotatable bonds is 7. The molecule has 2 N–H and O–H groups in total. The van der Waals surface area contributed by atoms with Gasteiger partial charge >= 0.3 is 0 Å². The predicted octanol–water partition coefficient (Wildman–Crippen LogP) is 3.06. The molecule has 0 radical (unpaired) electrons. The molecular weight excluding hydrogens is 330 g/mol. The number of nitrogens with one attached hydrogen (secondary N) is 2. The van der Waals surface area contributed by atoms with E-state index < -0.39 is 0 Å². The average Bonchev–Trinajstić information content (AvgIpc) is 2.53. The van der Waals surface area contributed by atoms with Crippen molar-refractivity contribution in [1.82, 2.24) is 9.97 Å². The Morgan fingerprint density at radius 3 is 2.87 bits per heavy atom. The van der Waals surface area contributed by atoms with E-state index in [0.717, 1.165) is 22.7 Å². The van der Waals surface area contributed by atoms with Gasteiger partial charge < -0.3 is 10.3 Å². The molecule has 0 aliphatic carbocycles. The number of nitrogens with zero attached hydrogens (tertiary/aromatic N) is 1. The van der Waals surface area contributed by atoms with E-state index in [9.17, 15) is 9.59 Å². The highest BCUT2D eigenvalue weighted by atomic mass is 32.2. The lowest BCUT2D eigenvalue weighted by molar-refractivity contribution is -0.113. The maximum absolute atomic E-state index is 12.0. The molecule has 2 aromatic rings. The van der Waals surface area contributed by atoms with Gasteiger partial charge in [0, 0.05) is 17.5 Å². The lowest BCUT2D eigenvalue weighted by Crippen LogP contribution is -2.16. The van der Waals surface area contributed by atoms with Crippen LogP contribution in [0, 0.1) is 6.92 Å². The van der Waals surface area contributed by atoms with E-state index in [1.165, 1.54) is 17.8 Å². The lowest BCUT2D eigenvalue weighted by atomic mass is 10.2. The van der Waals surface area contributed by atoms with Crippen molar-refractivity contribution in [3.63, 3.8) is 0 Å². The lowest BCUT2D eigenvalue weighted by Gasteiger charge is -2.08. The standard InChI is InChI=1S/C16H19N3O2S2/c1-3-22-9-12-8-14(20)19-16(17-12)23-10-15(21)18-13-7-5-4-6-11(13)2/h4-8H,3,9-10H2,1-2H3,(H,18,21)(H,17,19,20). The van der Waals surface area contributed by atoms with Crippen molar-refractivity contribution in [3.8, 4) is 0 Å². The first kappa shape index (κ1) is 17.6. The normalized spacial score (nSPS) is 10.5. The summed E-state index contributed by atoms with van der Waals surface area (Å²) in [7, 11) is 0. The van der Waals surface area contributed by atoms with Crippen LogP contribution in [0.5, 0.6) is 0 Å². The van der Waals surface area contributed by atoms with Crippen LogP contribution in [0.25, 0.3) is 0 Å². The van der Waals surface area contributed by atoms with E-state index in [0.29, 0.717) is 10.9 Å². The van der Waals surface area contributed by atoms with Crippen molar-refractivity contribution < 1.29 is 4.79 Å². The van der Waals surface area contributed by atoms with Crippen LogP contribution in [0.4, 0.5) is 5.69 Å². The van der Waals surface area contributed by atoms with Crippen molar-refractivity contribution in [3.05, 3.63) is 51.9 Å². The van der Waals surface area contributed by atoms with Crippen LogP contribution in [0.3, 0.4) is 0 Å². The van der Waals surface area contributed by atoms with Crippen molar-refractivity contribution in [2.45, 2.75) is 24.8 Å². The smallest absolute Gasteiger partial charge is 0.251 e. The number of H-pyrrole nitrogens is 1. The summed E-state index contributed by atoms with van der Waals surface area (Å²) in [4.78, 5) is 30.7. The molecule has 0 unspecified atom stereocenters. The Labute approximate surface area is 143 Å². The van der Waals surface area contributed by atoms with Gasteiger partial charge in [0.2, 0.25) is 5.91 Å². The number of thioether (sulfide) groups is 2. The first-order chi connectivity index (χ1) is 11.1. The summed E-state index contributed by atoms with van der Waals surface area (Å²) in [5, 5.41) is 3.34. The number of hydrogen-bond acceptors (Lipinski definition) is 5. The van der Waals surface area contributed by atoms with Gasteiger partial charge in [0.1, 0.15) is 0 Å². The fourth-order valence-electron chi connectivity index (χ4n) is 1.87. The fourth-order valence-corrected chi connectivity index (χ4v) is 3.12. The highest BCUT2D eigenvalue weighted by molar-refractivity contribution is 7.99. The van der Waals surface area contributed by atoms with Crippen LogP contribution in [0.1, 0.15) is 18.2 Å². The number of amides is 1. The predicted molar refractivity (Wildman–Crippen MR) is 97.2 cm³/mol. The Hall–Kier alpha value is -1.73. The molecule has 0 atom stereocenters. The van der Waals surface area contributed by atoms with E-state index in [1.807, 2.05) is 31.2 Å². The molecule has 0 saturated carbocycles. The number of aromatic nitrogens is 2. The minimum absolute atomic E-state index is 0.125. The number of anilines is 1. The van der Waals surface area contributed by atoms with Crippen LogP contribution in [-0.2, 0) is 10.5 Å². The molecule has 0 spiro atoms. The number of aryl methyl sites for hydroxylation is 1. The molecule has 1 aromatic carbocycles. The summed E-state index contributed by atoms with van der Waals surface area (Å²) >= 11 is 2.93. The maximum atomic E-state index is 12.0. The number of carbonyl (C=O) groups excluding carboxylic acids is 1. The van der Waals surface area contributed by atoms with E-state index in [2.05, 4.69) is 22.2 Å². The van der Waals surface area contributed by atoms with Crippen LogP contribution >= 0.6 is 23.5 Å². The third-order valence-corrected chi connectivity index (χ3v) is 4.77. The first-order valence-corrected chi connectivity index (χ1v) is 9.38. The molecular formula is C16H19N3O2S2. The second-order valence-corrected chi connectivity index (χ2v) is 7.07. The molecule has 23 heavy (non-hydrogen) atoms. The molecule has 122 valence electrons. The third-order valence-electron chi connectivity index (χ3n) is 2.99. The van der Waals surface area contributed by atoms with E-state index in [-0.39, 0.29) is 17.2 Å². The van der Waals surface area contributed by atoms with Crippen molar-refractivity contribution in [1.29, 1.82) is 0 Å². The number of para-hydroxylation sites is 1. The highest BCUT2D eigenvalue weighted by Crippen LogP contribution is 2.16. The minimum Gasteiger partial charge on any atom is -0.325 e. The average molecular weight is 349 g/mol. The van der Waals surface area contributed by atoms with Gasteiger partial charge in [-0.05, 0) is 24.3 Å². The largest absolute Gasteiger partial charge is 0.325 e. The van der Waals surface area contributed by atoms with Gasteiger partial charge in [-0.15, -0.1) is 0 Å². The van der Waals surface area contributed by atoms with Gasteiger partial charge in [0.15, 0.2) is 5.16 Å². The summed E-state index contributed by atoms with van der Waals surface area (Å²) in [5.41, 5.74) is 2.36. The fraction of sp³-hybridized carbons (Fsp3) is 0.312. The maximum Gasteiger partial charge on any atom is 0.251 e. The van der Waals surface area contributed by atoms with Crippen LogP contribution in [0.15, 0.2) is 40.3 Å². The molecule has 1 amide bonds. The molecule has 0 fully saturated rings. The first-order valence-electron chi connectivity index (χ1n) is 7.24. The van der Waals surface area contributed by atoms with Gasteiger partial charge in [0.05, 0.1) is 11.4 Å². The molecule has 0 aliphatic heterocycles. The number of benzene rings is 1. The van der Waals surface area contributed by atoms with Crippen molar-refractivity contribution in [2.75, 3.05) is 16.8 Å². The number of hydrogen-bond donors (Lipinski definition) is 2. The Morgan fingerprint density at radius 2 is 2.13 bits per heavy atom. The van der Waals surface area contributed by atoms with Gasteiger partial charge in [-0.25, -0.2) is 4.98 Å². The summed E-state index contributed by atoms with van der Waals surface area (Å²) in [6, 6.07) is 9.11. The van der Waals surface area contributed by atoms with Crippen LogP contribution < -0.4 is 10.9 Å². The third kappa shape index (κ3) is 5.76. The van der Waals surface area contributed by atoms with E-state index in [1.54, 1.807) is 11.8 Å². The van der Waals surface area contributed by atoms with Crippen LogP contribution in [0.2, 0.25) is 0 Å². The Morgan fingerprint density at radius 1 is 1.35 bits per heavy atom. The molecule has 0 aliphatic rings. The second kappa shape index (κ2) is 8.79. The summed E-state index contributed by atoms with van der Waals surface area (Å²) in [6.07, 6.45) is 0. The second-order valence-electron chi connectivity index (χ2n) is 4.83. The van der Waals surface area contributed by atoms with E-state index in [4.69, 9.17) is 0 Å². The number of aromatic amines is 1. The molecule has 1 aromatic heterocycles. The zero-order valence-electron chi connectivity index (χ0n) is 13.1. The summed E-state index contributed by atoms with van der Waals surface area (Å²) in [5.74, 6) is 1.74. The summed E-state index contributed by atoms with van der Waals surface area (Å²) < 4.78 is 0. The van der Waals surface area contributed by atoms with Crippen molar-refractivity contribution >= 4 is 35.1 Å². The highest BCUT2D eigenvalue weighted by Gasteiger charge is 2.08. The topological polar surface area (TPSA) is 74.8 Å². The quantitative estimate of drug-likeness (QED) is 0.593. The van der Waals surface area contributed by atoms with Crippen molar-refractivity contribution in [2.24, 2.45) is 0 Å². The molecule has 0 bridgehead atoms.